The van der Waals surface area contributed by atoms with Crippen LogP contribution >= 0.6 is 11.8 Å². The van der Waals surface area contributed by atoms with Crippen LogP contribution in [-0.4, -0.2) is 30.5 Å². The second-order valence-electron chi connectivity index (χ2n) is 4.97. The minimum absolute atomic E-state index is 0.0790. The van der Waals surface area contributed by atoms with Gasteiger partial charge in [-0.25, -0.2) is 4.79 Å². The van der Waals surface area contributed by atoms with Crippen LogP contribution in [0, 0.1) is 0 Å². The third-order valence-corrected chi connectivity index (χ3v) is 4.18. The summed E-state index contributed by atoms with van der Waals surface area (Å²) in [6.07, 6.45) is 3.27. The van der Waals surface area contributed by atoms with E-state index in [2.05, 4.69) is 27.8 Å². The number of methoxy groups -OCH3 is 1. The summed E-state index contributed by atoms with van der Waals surface area (Å²) in [5.74, 6) is 0.928. The van der Waals surface area contributed by atoms with E-state index < -0.39 is 0 Å². The Morgan fingerprint density at radius 3 is 2.74 bits per heavy atom. The van der Waals surface area contributed by atoms with Crippen LogP contribution in [0.5, 0.6) is 0 Å². The Kier molecular flexibility index (Phi) is 6.90. The number of nitrogens with zero attached hydrogens (tertiary/aromatic N) is 1. The molecule has 6 heteroatoms. The minimum atomic E-state index is -0.246. The van der Waals surface area contributed by atoms with Gasteiger partial charge in [0.2, 0.25) is 0 Å². The molecule has 0 aliphatic carbocycles. The number of anilines is 1. The van der Waals surface area contributed by atoms with Crippen LogP contribution in [0.2, 0.25) is 0 Å². The Morgan fingerprint density at radius 1 is 1.30 bits per heavy atom. The summed E-state index contributed by atoms with van der Waals surface area (Å²) < 4.78 is 5.04. The molecule has 23 heavy (non-hydrogen) atoms. The molecule has 1 heterocycles. The molecule has 122 valence electrons. The van der Waals surface area contributed by atoms with Crippen molar-refractivity contribution < 1.29 is 9.53 Å². The lowest BCUT2D eigenvalue weighted by Crippen LogP contribution is -2.31. The first-order valence-electron chi connectivity index (χ1n) is 7.38. The number of nitrogens with one attached hydrogen (secondary N) is 2. The molecule has 2 aromatic rings. The second-order valence-corrected chi connectivity index (χ2v) is 6.14. The summed E-state index contributed by atoms with van der Waals surface area (Å²) in [6.45, 7) is 2.69. The van der Waals surface area contributed by atoms with E-state index in [1.54, 1.807) is 43.4 Å². The van der Waals surface area contributed by atoms with Gasteiger partial charge in [0.15, 0.2) is 0 Å². The van der Waals surface area contributed by atoms with Gasteiger partial charge in [-0.2, -0.15) is 0 Å². The third kappa shape index (κ3) is 5.92. The minimum Gasteiger partial charge on any atom is -0.384 e. The Labute approximate surface area is 140 Å². The fourth-order valence-corrected chi connectivity index (χ4v) is 2.79. The van der Waals surface area contributed by atoms with E-state index in [4.69, 9.17) is 4.74 Å². The van der Waals surface area contributed by atoms with Crippen molar-refractivity contribution in [2.45, 2.75) is 17.9 Å². The number of benzene rings is 1. The molecule has 1 aromatic heterocycles. The predicted octanol–water partition coefficient (Wildman–Crippen LogP) is 3.70. The number of hydrogen-bond donors (Lipinski definition) is 2. The van der Waals surface area contributed by atoms with Gasteiger partial charge in [0.05, 0.1) is 24.5 Å². The molecule has 2 N–H and O–H groups in total. The predicted molar refractivity (Wildman–Crippen MR) is 93.8 cm³/mol. The second kappa shape index (κ2) is 9.17. The van der Waals surface area contributed by atoms with E-state index in [1.165, 1.54) is 4.90 Å². The summed E-state index contributed by atoms with van der Waals surface area (Å²) in [4.78, 5) is 17.1. The number of hydrogen-bond acceptors (Lipinski definition) is 4. The van der Waals surface area contributed by atoms with Gasteiger partial charge in [0, 0.05) is 24.0 Å². The van der Waals surface area contributed by atoms with E-state index in [-0.39, 0.29) is 12.1 Å². The smallest absolute Gasteiger partial charge is 0.319 e. The fourth-order valence-electron chi connectivity index (χ4n) is 1.98. The zero-order chi connectivity index (χ0) is 16.5. The van der Waals surface area contributed by atoms with E-state index in [0.717, 1.165) is 17.9 Å². The quantitative estimate of drug-likeness (QED) is 0.600. The van der Waals surface area contributed by atoms with Gasteiger partial charge >= 0.3 is 6.03 Å². The molecule has 0 spiro atoms. The molecule has 0 bridgehead atoms. The van der Waals surface area contributed by atoms with Crippen LogP contribution in [0.3, 0.4) is 0 Å². The van der Waals surface area contributed by atoms with Crippen LogP contribution < -0.4 is 10.6 Å². The third-order valence-electron chi connectivity index (χ3n) is 3.20. The van der Waals surface area contributed by atoms with Crippen LogP contribution in [-0.2, 0) is 4.74 Å². The maximum Gasteiger partial charge on any atom is 0.319 e. The first kappa shape index (κ1) is 17.3. The summed E-state index contributed by atoms with van der Waals surface area (Å²) in [5.41, 5.74) is 1.73. The number of carbonyl (C=O) groups is 1. The van der Waals surface area contributed by atoms with Crippen molar-refractivity contribution in [3.05, 3.63) is 54.4 Å². The van der Waals surface area contributed by atoms with E-state index in [1.807, 2.05) is 19.1 Å². The summed E-state index contributed by atoms with van der Waals surface area (Å²) in [5, 5.41) is 5.67. The average Bonchev–Trinajstić information content (AvgIpc) is 2.56. The first-order chi connectivity index (χ1) is 11.2. The zero-order valence-corrected chi connectivity index (χ0v) is 14.1. The molecule has 5 nitrogen and oxygen atoms in total. The Balaban J connectivity index is 1.85. The highest BCUT2D eigenvalue weighted by molar-refractivity contribution is 7.99. The standard InChI is InChI=1S/C17H21N3O2S/c1-13(19-17(21)20-15-4-3-9-18-12-15)14-5-7-16(8-6-14)23-11-10-22-2/h3-9,12-13H,10-11H2,1-2H3,(H2,19,20,21)/t13-/m0/s1. The molecule has 0 radical (unpaired) electrons. The molecule has 2 amide bonds. The van der Waals surface area contributed by atoms with Crippen LogP contribution in [0.15, 0.2) is 53.7 Å². The van der Waals surface area contributed by atoms with Gasteiger partial charge in [-0.1, -0.05) is 12.1 Å². The number of pyridine rings is 1. The zero-order valence-electron chi connectivity index (χ0n) is 13.3. The lowest BCUT2D eigenvalue weighted by molar-refractivity contribution is 0.218. The highest BCUT2D eigenvalue weighted by atomic mass is 32.2. The first-order valence-corrected chi connectivity index (χ1v) is 8.37. The number of amides is 2. The van der Waals surface area contributed by atoms with Crippen molar-refractivity contribution in [1.82, 2.24) is 10.3 Å². The van der Waals surface area contributed by atoms with Crippen LogP contribution in [0.1, 0.15) is 18.5 Å². The maximum absolute atomic E-state index is 12.0. The normalized spacial score (nSPS) is 11.7. The number of carbonyl (C=O) groups excluding carboxylic acids is 1. The van der Waals surface area contributed by atoms with E-state index in [0.29, 0.717) is 5.69 Å². The Morgan fingerprint density at radius 2 is 2.09 bits per heavy atom. The van der Waals surface area contributed by atoms with Crippen LogP contribution in [0.25, 0.3) is 0 Å². The number of ether oxygens (including phenoxy) is 1. The Bertz CT molecular complexity index is 605. The fraction of sp³-hybridized carbons (Fsp3) is 0.294. The molecule has 0 saturated carbocycles. The largest absolute Gasteiger partial charge is 0.384 e. The SMILES string of the molecule is COCCSc1ccc([C@H](C)NC(=O)Nc2cccnc2)cc1. The van der Waals surface area contributed by atoms with E-state index in [9.17, 15) is 4.79 Å². The van der Waals surface area contributed by atoms with Crippen molar-refractivity contribution in [3.63, 3.8) is 0 Å². The molecular formula is C17H21N3O2S. The lowest BCUT2D eigenvalue weighted by atomic mass is 10.1. The summed E-state index contributed by atoms with van der Waals surface area (Å²) in [6, 6.07) is 11.4. The number of thioether (sulfide) groups is 1. The highest BCUT2D eigenvalue weighted by Gasteiger charge is 2.09. The van der Waals surface area contributed by atoms with Crippen LogP contribution in [0.4, 0.5) is 10.5 Å². The van der Waals surface area contributed by atoms with Crippen molar-refractivity contribution in [3.8, 4) is 0 Å². The van der Waals surface area contributed by atoms with Crippen molar-refractivity contribution in [2.24, 2.45) is 0 Å². The van der Waals surface area contributed by atoms with Crippen molar-refractivity contribution >= 4 is 23.5 Å². The Hall–Kier alpha value is -2.05. The van der Waals surface area contributed by atoms with Gasteiger partial charge in [-0.3, -0.25) is 4.98 Å². The van der Waals surface area contributed by atoms with Gasteiger partial charge in [0.1, 0.15) is 0 Å². The molecule has 0 saturated heterocycles. The molecule has 0 unspecified atom stereocenters. The van der Waals surface area contributed by atoms with Gasteiger partial charge < -0.3 is 15.4 Å². The van der Waals surface area contributed by atoms with Crippen molar-refractivity contribution in [2.75, 3.05) is 24.8 Å². The van der Waals surface area contributed by atoms with Gasteiger partial charge in [-0.15, -0.1) is 11.8 Å². The van der Waals surface area contributed by atoms with Gasteiger partial charge in [-0.05, 0) is 36.8 Å². The van der Waals surface area contributed by atoms with E-state index >= 15 is 0 Å². The molecule has 0 fully saturated rings. The maximum atomic E-state index is 12.0. The molecular weight excluding hydrogens is 310 g/mol. The monoisotopic (exact) mass is 331 g/mol. The molecule has 1 aromatic carbocycles. The lowest BCUT2D eigenvalue weighted by Gasteiger charge is -2.15. The molecule has 0 aliphatic rings. The summed E-state index contributed by atoms with van der Waals surface area (Å²) >= 11 is 1.75. The highest BCUT2D eigenvalue weighted by Crippen LogP contribution is 2.21. The number of urea groups is 1. The average molecular weight is 331 g/mol. The number of aromatic nitrogens is 1. The topological polar surface area (TPSA) is 63.2 Å². The van der Waals surface area contributed by atoms with Crippen molar-refractivity contribution in [1.29, 1.82) is 0 Å². The molecule has 1 atom stereocenters. The summed E-state index contributed by atoms with van der Waals surface area (Å²) in [7, 11) is 1.70. The number of rotatable bonds is 7. The molecule has 0 aliphatic heterocycles. The molecule has 2 rings (SSSR count). The van der Waals surface area contributed by atoms with Gasteiger partial charge in [0.25, 0.3) is 0 Å².